The summed E-state index contributed by atoms with van der Waals surface area (Å²) in [7, 11) is 0. The van der Waals surface area contributed by atoms with Gasteiger partial charge in [-0.05, 0) is 19.8 Å². The minimum atomic E-state index is -5.08. The average Bonchev–Trinajstić information content (AvgIpc) is 2.75. The Morgan fingerprint density at radius 2 is 1.83 bits per heavy atom. The molecule has 1 aromatic rings. The van der Waals surface area contributed by atoms with Crippen LogP contribution in [0.25, 0.3) is 0 Å². The molecular formula is C15H26F3N3O3. The van der Waals surface area contributed by atoms with Crippen molar-refractivity contribution in [2.75, 3.05) is 13.2 Å². The average molecular weight is 353 g/mol. The minimum absolute atomic E-state index is 0.605. The van der Waals surface area contributed by atoms with Crippen LogP contribution in [0.1, 0.15) is 38.1 Å². The highest BCUT2D eigenvalue weighted by Crippen LogP contribution is 2.23. The number of rotatable bonds is 7. The Bertz CT molecular complexity index is 512. The largest absolute Gasteiger partial charge is 0.490 e. The van der Waals surface area contributed by atoms with E-state index in [4.69, 9.17) is 20.4 Å². The molecule has 0 aliphatic rings. The molecule has 0 fully saturated rings. The van der Waals surface area contributed by atoms with E-state index in [1.54, 1.807) is 0 Å². The molecule has 3 N–H and O–H groups in total. The van der Waals surface area contributed by atoms with Crippen LogP contribution < -0.4 is 10.5 Å². The number of carboxylic acids is 1. The first-order valence-corrected chi connectivity index (χ1v) is 7.75. The molecule has 0 atom stereocenters. The van der Waals surface area contributed by atoms with E-state index in [2.05, 4.69) is 18.9 Å². The number of aromatic nitrogens is 2. The Balaban J connectivity index is 0.000000640. The van der Waals surface area contributed by atoms with E-state index < -0.39 is 12.1 Å². The van der Waals surface area contributed by atoms with E-state index in [0.29, 0.717) is 12.5 Å². The molecule has 0 aliphatic heterocycles. The molecule has 24 heavy (non-hydrogen) atoms. The molecule has 0 spiro atoms. The number of carboxylic acid groups (broad SMARTS) is 1. The second kappa shape index (κ2) is 10.2. The molecule has 1 heterocycles. The summed E-state index contributed by atoms with van der Waals surface area (Å²) >= 11 is 0. The molecule has 0 bridgehead atoms. The molecule has 0 saturated heterocycles. The topological polar surface area (TPSA) is 90.4 Å². The van der Waals surface area contributed by atoms with Gasteiger partial charge in [0.05, 0.1) is 18.8 Å². The fraction of sp³-hybridized carbons (Fsp3) is 0.733. The fourth-order valence-electron chi connectivity index (χ4n) is 1.95. The number of aliphatic carboxylic acids is 1. The monoisotopic (exact) mass is 353 g/mol. The predicted octanol–water partition coefficient (Wildman–Crippen LogP) is 2.91. The van der Waals surface area contributed by atoms with E-state index in [1.807, 2.05) is 18.5 Å². The summed E-state index contributed by atoms with van der Waals surface area (Å²) < 4.78 is 39.6. The van der Waals surface area contributed by atoms with E-state index in [1.165, 1.54) is 0 Å². The van der Waals surface area contributed by atoms with Gasteiger partial charge in [-0.3, -0.25) is 4.68 Å². The zero-order valence-corrected chi connectivity index (χ0v) is 14.5. The highest BCUT2D eigenvalue weighted by Gasteiger charge is 2.38. The summed E-state index contributed by atoms with van der Waals surface area (Å²) in [6.07, 6.45) is -2.77. The molecule has 0 radical (unpaired) electrons. The van der Waals surface area contributed by atoms with Crippen molar-refractivity contribution >= 4 is 5.97 Å². The van der Waals surface area contributed by atoms with Crippen molar-refractivity contribution in [1.82, 2.24) is 9.78 Å². The lowest BCUT2D eigenvalue weighted by atomic mass is 10.1. The molecule has 140 valence electrons. The summed E-state index contributed by atoms with van der Waals surface area (Å²) in [6.45, 7) is 10.6. The fourth-order valence-corrected chi connectivity index (χ4v) is 1.95. The van der Waals surface area contributed by atoms with Crippen molar-refractivity contribution in [1.29, 1.82) is 0 Å². The van der Waals surface area contributed by atoms with Crippen LogP contribution >= 0.6 is 0 Å². The van der Waals surface area contributed by atoms with Gasteiger partial charge in [0.2, 0.25) is 0 Å². The van der Waals surface area contributed by atoms with Crippen molar-refractivity contribution < 1.29 is 27.8 Å². The summed E-state index contributed by atoms with van der Waals surface area (Å²) in [5.74, 6) is -1.19. The van der Waals surface area contributed by atoms with Gasteiger partial charge in [0, 0.05) is 6.54 Å². The first-order chi connectivity index (χ1) is 11.1. The number of ether oxygens (including phenoxy) is 1. The number of aryl methyl sites for hydroxylation is 1. The van der Waals surface area contributed by atoms with E-state index in [0.717, 1.165) is 43.1 Å². The maximum atomic E-state index is 10.6. The van der Waals surface area contributed by atoms with E-state index >= 15 is 0 Å². The van der Waals surface area contributed by atoms with Gasteiger partial charge in [-0.1, -0.05) is 26.7 Å². The molecule has 0 saturated carbocycles. The molecule has 0 aliphatic carbocycles. The Kier molecular flexibility index (Phi) is 9.42. The lowest BCUT2D eigenvalue weighted by Gasteiger charge is -2.14. The second-order valence-electron chi connectivity index (χ2n) is 5.31. The van der Waals surface area contributed by atoms with Crippen molar-refractivity contribution in [2.45, 2.75) is 53.3 Å². The van der Waals surface area contributed by atoms with E-state index in [-0.39, 0.29) is 0 Å². The van der Waals surface area contributed by atoms with Crippen molar-refractivity contribution in [3.8, 4) is 5.75 Å². The smallest absolute Gasteiger partial charge is 0.489 e. The van der Waals surface area contributed by atoms with Crippen LogP contribution in [-0.4, -0.2) is 40.2 Å². The maximum Gasteiger partial charge on any atom is 0.490 e. The van der Waals surface area contributed by atoms with Gasteiger partial charge in [-0.2, -0.15) is 18.3 Å². The van der Waals surface area contributed by atoms with Crippen LogP contribution in [0.5, 0.6) is 5.75 Å². The Morgan fingerprint density at radius 3 is 2.21 bits per heavy atom. The number of alkyl halides is 3. The highest BCUT2D eigenvalue weighted by atomic mass is 19.4. The van der Waals surface area contributed by atoms with Gasteiger partial charge in [0.25, 0.3) is 0 Å². The number of halogens is 3. The lowest BCUT2D eigenvalue weighted by molar-refractivity contribution is -0.192. The van der Waals surface area contributed by atoms with Crippen LogP contribution in [-0.2, 0) is 11.3 Å². The van der Waals surface area contributed by atoms with Gasteiger partial charge >= 0.3 is 12.1 Å². The number of hydrogen-bond acceptors (Lipinski definition) is 4. The van der Waals surface area contributed by atoms with Crippen molar-refractivity contribution in [2.24, 2.45) is 11.7 Å². The second-order valence-corrected chi connectivity index (χ2v) is 5.31. The van der Waals surface area contributed by atoms with Gasteiger partial charge in [-0.15, -0.1) is 0 Å². The third kappa shape index (κ3) is 7.20. The normalized spacial score (nSPS) is 11.2. The van der Waals surface area contributed by atoms with Gasteiger partial charge < -0.3 is 15.6 Å². The third-order valence-electron chi connectivity index (χ3n) is 3.52. The van der Waals surface area contributed by atoms with Crippen LogP contribution in [0.2, 0.25) is 0 Å². The van der Waals surface area contributed by atoms with Crippen LogP contribution in [0.3, 0.4) is 0 Å². The van der Waals surface area contributed by atoms with Crippen LogP contribution in [0.15, 0.2) is 0 Å². The molecular weight excluding hydrogens is 327 g/mol. The molecule has 1 rings (SSSR count). The molecule has 6 nitrogen and oxygen atoms in total. The number of hydrogen-bond donors (Lipinski definition) is 2. The van der Waals surface area contributed by atoms with Crippen LogP contribution in [0.4, 0.5) is 13.2 Å². The first kappa shape index (κ1) is 22.2. The Morgan fingerprint density at radius 1 is 1.33 bits per heavy atom. The quantitative estimate of drug-likeness (QED) is 0.787. The maximum absolute atomic E-state index is 10.6. The summed E-state index contributed by atoms with van der Waals surface area (Å²) in [5, 5.41) is 11.6. The number of carbonyl (C=O) groups is 1. The Hall–Kier alpha value is -1.77. The summed E-state index contributed by atoms with van der Waals surface area (Å²) in [5.41, 5.74) is 7.59. The van der Waals surface area contributed by atoms with Gasteiger partial charge in [0.15, 0.2) is 5.75 Å². The van der Waals surface area contributed by atoms with Crippen molar-refractivity contribution in [3.63, 3.8) is 0 Å². The predicted molar refractivity (Wildman–Crippen MR) is 84.0 cm³/mol. The highest BCUT2D eigenvalue weighted by molar-refractivity contribution is 5.73. The van der Waals surface area contributed by atoms with Gasteiger partial charge in [-0.25, -0.2) is 4.79 Å². The zero-order chi connectivity index (χ0) is 18.9. The van der Waals surface area contributed by atoms with Gasteiger partial charge in [0.1, 0.15) is 5.69 Å². The number of nitrogens with zero attached hydrogens (tertiary/aromatic N) is 2. The molecule has 1 aromatic heterocycles. The first-order valence-electron chi connectivity index (χ1n) is 7.75. The molecule has 9 heteroatoms. The minimum Gasteiger partial charge on any atom is -0.489 e. The summed E-state index contributed by atoms with van der Waals surface area (Å²) in [6, 6.07) is 0. The molecule has 0 amide bonds. The standard InChI is InChI=1S/C13H25N3O.C2HF3O2/c1-5-12(6-2)9-17-13-10(3)15-16(8-7-14)11(13)4;3-2(4,5)1(6)7/h12H,5-9,14H2,1-4H3;(H,6,7). The SMILES string of the molecule is CCC(CC)COc1c(C)nn(CCN)c1C.O=C(O)C(F)(F)F. The molecule has 0 unspecified atom stereocenters. The third-order valence-corrected chi connectivity index (χ3v) is 3.52. The lowest BCUT2D eigenvalue weighted by Crippen LogP contribution is -2.21. The summed E-state index contributed by atoms with van der Waals surface area (Å²) in [4.78, 5) is 8.90. The Labute approximate surface area is 139 Å². The van der Waals surface area contributed by atoms with Crippen LogP contribution in [0, 0.1) is 19.8 Å². The zero-order valence-electron chi connectivity index (χ0n) is 14.5. The number of nitrogens with two attached hydrogens (primary N) is 1. The van der Waals surface area contributed by atoms with E-state index in [9.17, 15) is 13.2 Å². The molecule has 0 aromatic carbocycles. The van der Waals surface area contributed by atoms with Crippen molar-refractivity contribution in [3.05, 3.63) is 11.4 Å².